The molecule has 0 spiro atoms. The first-order chi connectivity index (χ1) is 33.7. The van der Waals surface area contributed by atoms with Crippen molar-refractivity contribution in [3.63, 3.8) is 0 Å². The zero-order chi connectivity index (χ0) is 44.8. The lowest BCUT2D eigenvalue weighted by atomic mass is 9.88. The van der Waals surface area contributed by atoms with Crippen LogP contribution in [0.1, 0.15) is 5.56 Å². The second-order valence-corrected chi connectivity index (χ2v) is 19.7. The summed E-state index contributed by atoms with van der Waals surface area (Å²) in [6, 6.07) is 71.8. The summed E-state index contributed by atoms with van der Waals surface area (Å²) in [6.45, 7) is 9.35. The molecule has 0 unspecified atom stereocenters. The molecule has 0 radical (unpaired) electrons. The second-order valence-electron chi connectivity index (χ2n) is 17.6. The van der Waals surface area contributed by atoms with Gasteiger partial charge in [0.2, 0.25) is 5.69 Å². The third kappa shape index (κ3) is 4.79. The molecule has 0 aliphatic rings. The molecule has 0 aliphatic heterocycles. The van der Waals surface area contributed by atoms with Gasteiger partial charge in [-0.1, -0.05) is 158 Å². The molecule has 0 saturated heterocycles. The van der Waals surface area contributed by atoms with Gasteiger partial charge in [-0.2, -0.15) is 5.26 Å². The van der Waals surface area contributed by atoms with Gasteiger partial charge in [0.25, 0.3) is 0 Å². The van der Waals surface area contributed by atoms with Crippen molar-refractivity contribution in [2.24, 2.45) is 0 Å². The van der Waals surface area contributed by atoms with Crippen molar-refractivity contribution in [1.82, 2.24) is 9.13 Å². The molecular weight excluding hydrogens is 865 g/mol. The fraction of sp³-hybridized carbons (Fsp3) is 0. The number of nitriles is 1. The van der Waals surface area contributed by atoms with Crippen molar-refractivity contribution in [2.45, 2.75) is 0 Å². The number of hydrogen-bond acceptors (Lipinski definition) is 3. The first-order valence-electron chi connectivity index (χ1n) is 22.7. The SMILES string of the molecule is [C-]#[N+]c1c(-c2ccccc2)c(C#N)c(-n2c3ccc4sc5ccccc5c4c3c3ccc4c5ccccc5sc4c32)c(-c2ccccc2)c1-n1c2cccc3c4ccccc4c4cccc1c4c32. The minimum Gasteiger partial charge on any atom is -0.318 e. The Balaban J connectivity index is 1.25. The average molecular weight is 897 g/mol. The maximum absolute atomic E-state index is 12.1. The number of fused-ring (bicyclic) bond motifs is 14. The lowest BCUT2D eigenvalue weighted by Crippen LogP contribution is -2.08. The molecule has 4 heterocycles. The van der Waals surface area contributed by atoms with Gasteiger partial charge in [-0.05, 0) is 69.1 Å². The Morgan fingerprint density at radius 3 is 1.57 bits per heavy atom. The van der Waals surface area contributed by atoms with Gasteiger partial charge in [-0.25, -0.2) is 4.85 Å². The first-order valence-corrected chi connectivity index (χ1v) is 24.3. The minimum atomic E-state index is 0.431. The van der Waals surface area contributed by atoms with Crippen molar-refractivity contribution in [2.75, 3.05) is 0 Å². The average Bonchev–Trinajstić information content (AvgIpc) is 4.16. The summed E-state index contributed by atoms with van der Waals surface area (Å²) in [5.41, 5.74) is 9.65. The number of nitrogens with zero attached hydrogens (tertiary/aromatic N) is 4. The molecule has 0 fully saturated rings. The molecule has 15 aromatic rings. The molecule has 0 atom stereocenters. The normalized spacial score (nSPS) is 12.1. The summed E-state index contributed by atoms with van der Waals surface area (Å²) in [7, 11) is 0. The maximum atomic E-state index is 12.1. The van der Waals surface area contributed by atoms with E-state index in [9.17, 15) is 11.8 Å². The van der Waals surface area contributed by atoms with E-state index in [2.05, 4.69) is 178 Å². The molecule has 6 heteroatoms. The Kier molecular flexibility index (Phi) is 7.64. The first kappa shape index (κ1) is 37.4. The van der Waals surface area contributed by atoms with E-state index >= 15 is 0 Å². The van der Waals surface area contributed by atoms with E-state index < -0.39 is 0 Å². The summed E-state index contributed by atoms with van der Waals surface area (Å²) >= 11 is 3.62. The van der Waals surface area contributed by atoms with Crippen molar-refractivity contribution in [3.05, 3.63) is 211 Å². The largest absolute Gasteiger partial charge is 0.318 e. The number of hydrogen-bond donors (Lipinski definition) is 0. The molecule has 0 aliphatic carbocycles. The zero-order valence-electron chi connectivity index (χ0n) is 36.1. The van der Waals surface area contributed by atoms with E-state index in [0.717, 1.165) is 76.4 Å². The molecule has 68 heavy (non-hydrogen) atoms. The Morgan fingerprint density at radius 2 is 0.926 bits per heavy atom. The monoisotopic (exact) mass is 896 g/mol. The van der Waals surface area contributed by atoms with Gasteiger partial charge in [-0.15, -0.1) is 22.7 Å². The zero-order valence-corrected chi connectivity index (χ0v) is 37.7. The summed E-state index contributed by atoms with van der Waals surface area (Å²) in [5, 5.41) is 26.2. The highest BCUT2D eigenvalue weighted by Gasteiger charge is 2.33. The molecule has 0 amide bonds. The number of benzene rings is 11. The summed E-state index contributed by atoms with van der Waals surface area (Å²) in [4.78, 5) is 4.58. The van der Waals surface area contributed by atoms with Crippen molar-refractivity contribution in [1.29, 1.82) is 5.26 Å². The summed E-state index contributed by atoms with van der Waals surface area (Å²) in [6.07, 6.45) is 0. The summed E-state index contributed by atoms with van der Waals surface area (Å²) < 4.78 is 9.58. The molecule has 312 valence electrons. The molecule has 4 aromatic heterocycles. The van der Waals surface area contributed by atoms with Crippen LogP contribution in [0.4, 0.5) is 5.69 Å². The van der Waals surface area contributed by atoms with Crippen molar-refractivity contribution in [3.8, 4) is 39.7 Å². The number of thiophene rings is 2. The van der Waals surface area contributed by atoms with E-state index in [1.807, 2.05) is 47.7 Å². The molecule has 11 aromatic carbocycles. The quantitative estimate of drug-likeness (QED) is 0.128. The Morgan fingerprint density at radius 1 is 0.397 bits per heavy atom. The van der Waals surface area contributed by atoms with Crippen molar-refractivity contribution < 1.29 is 0 Å². The van der Waals surface area contributed by atoms with Crippen LogP contribution in [0.25, 0.3) is 144 Å². The van der Waals surface area contributed by atoms with Crippen LogP contribution in [0, 0.1) is 17.9 Å². The predicted molar refractivity (Wildman–Crippen MR) is 289 cm³/mol. The Labute approximate surface area is 396 Å². The Bertz CT molecular complexity index is 4660. The summed E-state index contributed by atoms with van der Waals surface area (Å²) in [5.74, 6) is 0. The Hall–Kier alpha value is -8.78. The molecule has 4 nitrogen and oxygen atoms in total. The molecule has 0 saturated carbocycles. The molecular formula is C62H32N4S2. The van der Waals surface area contributed by atoms with Gasteiger partial charge in [0.1, 0.15) is 6.07 Å². The highest BCUT2D eigenvalue weighted by molar-refractivity contribution is 7.27. The fourth-order valence-corrected chi connectivity index (χ4v) is 14.1. The molecule has 15 rings (SSSR count). The van der Waals surface area contributed by atoms with Crippen LogP contribution in [0.15, 0.2) is 194 Å². The fourth-order valence-electron chi connectivity index (χ4n) is 11.7. The van der Waals surface area contributed by atoms with Gasteiger partial charge < -0.3 is 9.13 Å². The van der Waals surface area contributed by atoms with Crippen molar-refractivity contribution >= 4 is 134 Å². The third-order valence-electron chi connectivity index (χ3n) is 14.3. The lowest BCUT2D eigenvalue weighted by Gasteiger charge is -2.26. The topological polar surface area (TPSA) is 38.0 Å². The van der Waals surface area contributed by atoms with Crippen LogP contribution < -0.4 is 0 Å². The second kappa shape index (κ2) is 13.9. The maximum Gasteiger partial charge on any atom is 0.220 e. The van der Waals surface area contributed by atoms with E-state index in [4.69, 9.17) is 0 Å². The van der Waals surface area contributed by atoms with Crippen LogP contribution >= 0.6 is 22.7 Å². The van der Waals surface area contributed by atoms with Gasteiger partial charge in [0.15, 0.2) is 0 Å². The van der Waals surface area contributed by atoms with Crippen LogP contribution in [-0.2, 0) is 0 Å². The predicted octanol–water partition coefficient (Wildman–Crippen LogP) is 18.1. The van der Waals surface area contributed by atoms with E-state index in [1.165, 1.54) is 57.2 Å². The van der Waals surface area contributed by atoms with Gasteiger partial charge in [0, 0.05) is 68.3 Å². The molecule has 0 N–H and O–H groups in total. The third-order valence-corrected chi connectivity index (χ3v) is 16.6. The minimum absolute atomic E-state index is 0.431. The smallest absolute Gasteiger partial charge is 0.220 e. The van der Waals surface area contributed by atoms with Gasteiger partial charge in [0.05, 0.1) is 50.3 Å². The van der Waals surface area contributed by atoms with Crippen LogP contribution in [0.3, 0.4) is 0 Å². The van der Waals surface area contributed by atoms with E-state index in [1.54, 1.807) is 11.3 Å². The van der Waals surface area contributed by atoms with E-state index in [-0.39, 0.29) is 0 Å². The van der Waals surface area contributed by atoms with Crippen LogP contribution in [-0.4, -0.2) is 9.13 Å². The lowest BCUT2D eigenvalue weighted by molar-refractivity contribution is 1.14. The van der Waals surface area contributed by atoms with Crippen LogP contribution in [0.5, 0.6) is 0 Å². The standard InChI is InChI=1S/C62H32N4S2/c1-64-58-52(35-16-4-2-5-17-35)45(34-63)59(53(36-18-6-3-7-19-36)61(58)65-46-26-14-24-40-37-20-8-9-21-38(37)41-25-15-27-47(65)55(41)54(40)46)66-48-32-33-51-57(43-23-11-13-29-50(43)67-51)56(48)44-31-30-42-39-22-10-12-28-49(39)68-62(42)60(44)66/h2-33H. The number of aromatic nitrogens is 2. The number of rotatable bonds is 4. The van der Waals surface area contributed by atoms with Gasteiger partial charge in [-0.3, -0.25) is 0 Å². The van der Waals surface area contributed by atoms with E-state index in [0.29, 0.717) is 16.8 Å². The van der Waals surface area contributed by atoms with Gasteiger partial charge >= 0.3 is 0 Å². The van der Waals surface area contributed by atoms with Crippen LogP contribution in [0.2, 0.25) is 0 Å². The highest BCUT2D eigenvalue weighted by atomic mass is 32.1. The highest BCUT2D eigenvalue weighted by Crippen LogP contribution is 2.55. The molecule has 0 bridgehead atoms.